The second-order valence-electron chi connectivity index (χ2n) is 6.27. The molecule has 1 aromatic heterocycles. The third-order valence-electron chi connectivity index (χ3n) is 2.97. The van der Waals surface area contributed by atoms with Crippen LogP contribution in [0.25, 0.3) is 0 Å². The smallest absolute Gasteiger partial charge is 0.129 e. The standard InChI is InChI=1S/C16H26ClN3/c1-7-8-20(12(2)3)15-9-13(14(17)11-18-15)10-19-16(4,5)6/h7,9,11-12,19H,1,8,10H2,2-6H3. The van der Waals surface area contributed by atoms with Crippen molar-refractivity contribution in [1.29, 1.82) is 0 Å². The first kappa shape index (κ1) is 17.0. The van der Waals surface area contributed by atoms with Crippen LogP contribution in [-0.4, -0.2) is 23.1 Å². The molecule has 0 radical (unpaired) electrons. The first-order valence-corrected chi connectivity index (χ1v) is 7.39. The number of hydrogen-bond donors (Lipinski definition) is 1. The van der Waals surface area contributed by atoms with Crippen molar-refractivity contribution < 1.29 is 0 Å². The molecule has 3 nitrogen and oxygen atoms in total. The molecule has 0 aliphatic rings. The molecule has 0 aromatic carbocycles. The minimum absolute atomic E-state index is 0.0611. The molecule has 0 spiro atoms. The summed E-state index contributed by atoms with van der Waals surface area (Å²) in [5.41, 5.74) is 1.13. The molecule has 0 saturated heterocycles. The summed E-state index contributed by atoms with van der Waals surface area (Å²) in [7, 11) is 0. The van der Waals surface area contributed by atoms with Crippen LogP contribution in [0.1, 0.15) is 40.2 Å². The molecule has 1 rings (SSSR count). The van der Waals surface area contributed by atoms with Gasteiger partial charge in [0.25, 0.3) is 0 Å². The van der Waals surface area contributed by atoms with E-state index in [0.717, 1.165) is 24.5 Å². The van der Waals surface area contributed by atoms with Crippen LogP contribution in [0.15, 0.2) is 24.9 Å². The molecule has 4 heteroatoms. The Hall–Kier alpha value is -1.06. The highest BCUT2D eigenvalue weighted by Crippen LogP contribution is 2.22. The number of pyridine rings is 1. The summed E-state index contributed by atoms with van der Waals surface area (Å²) in [4.78, 5) is 6.64. The number of hydrogen-bond acceptors (Lipinski definition) is 3. The molecular formula is C16H26ClN3. The highest BCUT2D eigenvalue weighted by molar-refractivity contribution is 6.31. The van der Waals surface area contributed by atoms with E-state index in [4.69, 9.17) is 11.6 Å². The van der Waals surface area contributed by atoms with E-state index in [1.807, 2.05) is 6.08 Å². The SMILES string of the molecule is C=CCN(c1cc(CNC(C)(C)C)c(Cl)cn1)C(C)C. The highest BCUT2D eigenvalue weighted by atomic mass is 35.5. The van der Waals surface area contributed by atoms with Gasteiger partial charge in [-0.2, -0.15) is 0 Å². The van der Waals surface area contributed by atoms with Gasteiger partial charge in [0.15, 0.2) is 0 Å². The van der Waals surface area contributed by atoms with E-state index in [1.54, 1.807) is 6.20 Å². The monoisotopic (exact) mass is 295 g/mol. The topological polar surface area (TPSA) is 28.2 Å². The Labute approximate surface area is 128 Å². The number of rotatable bonds is 6. The second kappa shape index (κ2) is 7.09. The van der Waals surface area contributed by atoms with Gasteiger partial charge in [0, 0.05) is 30.9 Å². The molecule has 0 fully saturated rings. The van der Waals surface area contributed by atoms with Gasteiger partial charge in [0.2, 0.25) is 0 Å². The van der Waals surface area contributed by atoms with Crippen LogP contribution in [0.5, 0.6) is 0 Å². The van der Waals surface area contributed by atoms with Gasteiger partial charge in [-0.1, -0.05) is 17.7 Å². The van der Waals surface area contributed by atoms with Gasteiger partial charge < -0.3 is 10.2 Å². The summed E-state index contributed by atoms with van der Waals surface area (Å²) in [5.74, 6) is 0.940. The van der Waals surface area contributed by atoms with Crippen molar-refractivity contribution in [3.05, 3.63) is 35.5 Å². The lowest BCUT2D eigenvalue weighted by Gasteiger charge is -2.27. The molecule has 0 aliphatic heterocycles. The van der Waals surface area contributed by atoms with Gasteiger partial charge in [-0.3, -0.25) is 0 Å². The van der Waals surface area contributed by atoms with E-state index >= 15 is 0 Å². The Morgan fingerprint density at radius 1 is 1.45 bits per heavy atom. The fraction of sp³-hybridized carbons (Fsp3) is 0.562. The van der Waals surface area contributed by atoms with Gasteiger partial charge in [0.1, 0.15) is 5.82 Å². The van der Waals surface area contributed by atoms with Crippen molar-refractivity contribution in [3.63, 3.8) is 0 Å². The van der Waals surface area contributed by atoms with Crippen LogP contribution in [-0.2, 0) is 6.54 Å². The average Bonchev–Trinajstić information content (AvgIpc) is 2.34. The van der Waals surface area contributed by atoms with Crippen LogP contribution in [0.2, 0.25) is 5.02 Å². The maximum absolute atomic E-state index is 6.25. The summed E-state index contributed by atoms with van der Waals surface area (Å²) >= 11 is 6.25. The molecule has 1 aromatic rings. The number of halogens is 1. The van der Waals surface area contributed by atoms with E-state index in [9.17, 15) is 0 Å². The second-order valence-corrected chi connectivity index (χ2v) is 6.68. The Morgan fingerprint density at radius 2 is 2.10 bits per heavy atom. The summed E-state index contributed by atoms with van der Waals surface area (Å²) in [6.45, 7) is 16.0. The first-order chi connectivity index (χ1) is 9.24. The van der Waals surface area contributed by atoms with E-state index in [-0.39, 0.29) is 5.54 Å². The zero-order valence-corrected chi connectivity index (χ0v) is 14.0. The molecule has 0 aliphatic carbocycles. The van der Waals surface area contributed by atoms with Crippen LogP contribution >= 0.6 is 11.6 Å². The molecular weight excluding hydrogens is 270 g/mol. The minimum Gasteiger partial charge on any atom is -0.350 e. The Balaban J connectivity index is 2.97. The first-order valence-electron chi connectivity index (χ1n) is 7.01. The molecule has 0 atom stereocenters. The number of nitrogens with one attached hydrogen (secondary N) is 1. The summed E-state index contributed by atoms with van der Waals surface area (Å²) < 4.78 is 0. The Morgan fingerprint density at radius 3 is 2.60 bits per heavy atom. The number of aromatic nitrogens is 1. The third-order valence-corrected chi connectivity index (χ3v) is 3.31. The predicted molar refractivity (Wildman–Crippen MR) is 88.5 cm³/mol. The minimum atomic E-state index is 0.0611. The van der Waals surface area contributed by atoms with Crippen molar-refractivity contribution in [3.8, 4) is 0 Å². The molecule has 0 unspecified atom stereocenters. The van der Waals surface area contributed by atoms with Crippen molar-refractivity contribution in [2.75, 3.05) is 11.4 Å². The fourth-order valence-corrected chi connectivity index (χ4v) is 2.00. The lowest BCUT2D eigenvalue weighted by Crippen LogP contribution is -2.35. The quantitative estimate of drug-likeness (QED) is 0.803. The van der Waals surface area contributed by atoms with Crippen molar-refractivity contribution in [2.45, 2.75) is 52.7 Å². The largest absolute Gasteiger partial charge is 0.350 e. The zero-order chi connectivity index (χ0) is 15.3. The molecule has 112 valence electrons. The highest BCUT2D eigenvalue weighted by Gasteiger charge is 2.14. The maximum Gasteiger partial charge on any atom is 0.129 e. The fourth-order valence-electron chi connectivity index (χ4n) is 1.83. The van der Waals surface area contributed by atoms with Crippen molar-refractivity contribution in [2.24, 2.45) is 0 Å². The Bertz CT molecular complexity index is 450. The predicted octanol–water partition coefficient (Wildman–Crippen LogP) is 4.02. The summed E-state index contributed by atoms with van der Waals surface area (Å²) in [6.07, 6.45) is 3.62. The van der Waals surface area contributed by atoms with Crippen molar-refractivity contribution >= 4 is 17.4 Å². The van der Waals surface area contributed by atoms with Crippen molar-refractivity contribution in [1.82, 2.24) is 10.3 Å². The third kappa shape index (κ3) is 5.14. The zero-order valence-electron chi connectivity index (χ0n) is 13.2. The van der Waals surface area contributed by atoms with E-state index in [1.165, 1.54) is 0 Å². The molecule has 0 amide bonds. The lowest BCUT2D eigenvalue weighted by molar-refractivity contribution is 0.424. The lowest BCUT2D eigenvalue weighted by atomic mass is 10.1. The number of nitrogens with zero attached hydrogens (tertiary/aromatic N) is 2. The summed E-state index contributed by atoms with van der Waals surface area (Å²) in [5, 5.41) is 4.16. The van der Waals surface area contributed by atoms with Gasteiger partial charge in [-0.25, -0.2) is 4.98 Å². The Kier molecular flexibility index (Phi) is 6.03. The molecule has 20 heavy (non-hydrogen) atoms. The van der Waals surface area contributed by atoms with Gasteiger partial charge in [-0.05, 0) is 46.2 Å². The molecule has 0 bridgehead atoms. The van der Waals surface area contributed by atoms with Crippen LogP contribution in [0, 0.1) is 0 Å². The average molecular weight is 296 g/mol. The van der Waals surface area contributed by atoms with E-state index in [0.29, 0.717) is 11.1 Å². The van der Waals surface area contributed by atoms with E-state index in [2.05, 4.69) is 62.5 Å². The maximum atomic E-state index is 6.25. The molecule has 1 N–H and O–H groups in total. The van der Waals surface area contributed by atoms with Gasteiger partial charge >= 0.3 is 0 Å². The molecule has 1 heterocycles. The van der Waals surface area contributed by atoms with Crippen LogP contribution < -0.4 is 10.2 Å². The number of anilines is 1. The van der Waals surface area contributed by atoms with E-state index < -0.39 is 0 Å². The molecule has 0 saturated carbocycles. The van der Waals surface area contributed by atoms with Crippen LogP contribution in [0.3, 0.4) is 0 Å². The van der Waals surface area contributed by atoms with Gasteiger partial charge in [0.05, 0.1) is 5.02 Å². The van der Waals surface area contributed by atoms with Gasteiger partial charge in [-0.15, -0.1) is 6.58 Å². The van der Waals surface area contributed by atoms with Crippen LogP contribution in [0.4, 0.5) is 5.82 Å². The summed E-state index contributed by atoms with van der Waals surface area (Å²) in [6, 6.07) is 2.43. The normalized spacial score (nSPS) is 11.8.